The number of nitrogens with one attached hydrogen (secondary N) is 2. The summed E-state index contributed by atoms with van der Waals surface area (Å²) in [6, 6.07) is 13.0. The van der Waals surface area contributed by atoms with Gasteiger partial charge in [0, 0.05) is 70.9 Å². The quantitative estimate of drug-likeness (QED) is 0.181. The summed E-state index contributed by atoms with van der Waals surface area (Å²) in [5.41, 5.74) is 8.43. The molecule has 10 rings (SSSR count). The van der Waals surface area contributed by atoms with E-state index in [-0.39, 0.29) is 41.8 Å². The number of aromatic nitrogens is 2. The van der Waals surface area contributed by atoms with Crippen LogP contribution >= 0.6 is 0 Å². The topological polar surface area (TPSA) is 99.9 Å². The second-order valence-electron chi connectivity index (χ2n) is 16.3. The van der Waals surface area contributed by atoms with Gasteiger partial charge in [-0.1, -0.05) is 43.2 Å². The van der Waals surface area contributed by atoms with Gasteiger partial charge in [-0.15, -0.1) is 0 Å². The van der Waals surface area contributed by atoms with Crippen LogP contribution in [-0.4, -0.2) is 91.8 Å². The summed E-state index contributed by atoms with van der Waals surface area (Å²) in [6.07, 6.45) is 7.53. The van der Waals surface area contributed by atoms with Gasteiger partial charge in [0.1, 0.15) is 11.2 Å². The van der Waals surface area contributed by atoms with Gasteiger partial charge in [0.25, 0.3) is 0 Å². The lowest BCUT2D eigenvalue weighted by Crippen LogP contribution is -2.67. The van der Waals surface area contributed by atoms with E-state index in [0.717, 1.165) is 78.7 Å². The van der Waals surface area contributed by atoms with Crippen molar-refractivity contribution < 1.29 is 23.8 Å². The van der Waals surface area contributed by atoms with E-state index in [1.807, 2.05) is 0 Å². The number of likely N-dealkylation sites (N-methyl/N-ethyl adjacent to an activating group) is 1. The molecule has 0 spiro atoms. The number of carbonyl (C=O) groups excluding carboxylic acids is 2. The maximum atomic E-state index is 14.4. The highest BCUT2D eigenvalue weighted by Gasteiger charge is 2.63. The van der Waals surface area contributed by atoms with E-state index in [4.69, 9.17) is 14.2 Å². The predicted octanol–water partition coefficient (Wildman–Crippen LogP) is 6.49. The molecule has 9 nitrogen and oxygen atoms in total. The van der Waals surface area contributed by atoms with E-state index >= 15 is 0 Å². The van der Waals surface area contributed by atoms with Gasteiger partial charge in [-0.25, -0.2) is 0 Å². The first-order chi connectivity index (χ1) is 25.3. The van der Waals surface area contributed by atoms with Crippen LogP contribution in [0.25, 0.3) is 21.8 Å². The molecule has 2 aliphatic carbocycles. The number of hydrogen-bond donors (Lipinski definition) is 2. The lowest BCUT2D eigenvalue weighted by Gasteiger charge is -2.57. The van der Waals surface area contributed by atoms with Gasteiger partial charge >= 0.3 is 11.9 Å². The van der Waals surface area contributed by atoms with Gasteiger partial charge in [-0.2, -0.15) is 0 Å². The number of aromatic amines is 2. The second-order valence-corrected chi connectivity index (χ2v) is 16.3. The standard InChI is InChI=1S/C43H52N4O5/c1-7-24-17-23-20-43(42(49)52-6)39-28(15-16-47(21-23)40(24)43)27-13-14-34(50-4)36(38(27)45-39)31-18-29-25(8-2)22-46(3)33(35(29)41(48)51-5)19-30-26-11-9-10-12-32(26)44-37(30)31/h8-14,23-24,29,31,33,35,40,44-45H,7,15-22H2,1-6H3/b25-8+/t23-,24+,29+,31-,33+,35+,40+,43-/m1/s1. The molecule has 6 aliphatic rings. The van der Waals surface area contributed by atoms with Crippen molar-refractivity contribution in [3.8, 4) is 5.75 Å². The summed E-state index contributed by atoms with van der Waals surface area (Å²) in [7, 11) is 6.98. The lowest BCUT2D eigenvalue weighted by molar-refractivity contribution is -0.162. The van der Waals surface area contributed by atoms with E-state index in [1.165, 1.54) is 41.3 Å². The van der Waals surface area contributed by atoms with Gasteiger partial charge in [0.05, 0.1) is 32.8 Å². The van der Waals surface area contributed by atoms with Gasteiger partial charge in [-0.05, 0) is 93.2 Å². The Morgan fingerprint density at radius 1 is 1.02 bits per heavy atom. The van der Waals surface area contributed by atoms with E-state index in [0.29, 0.717) is 18.3 Å². The number of esters is 2. The highest BCUT2D eigenvalue weighted by molar-refractivity contribution is 5.95. The first kappa shape index (κ1) is 33.7. The van der Waals surface area contributed by atoms with Crippen molar-refractivity contribution in [1.29, 1.82) is 0 Å². The number of likely N-dealkylation sites (tertiary alicyclic amines) is 1. The average Bonchev–Trinajstić information content (AvgIpc) is 3.70. The van der Waals surface area contributed by atoms with Crippen molar-refractivity contribution in [1.82, 2.24) is 19.8 Å². The minimum atomic E-state index is -0.756. The fourth-order valence-electron chi connectivity index (χ4n) is 12.1. The summed E-state index contributed by atoms with van der Waals surface area (Å²) in [6.45, 7) is 7.16. The summed E-state index contributed by atoms with van der Waals surface area (Å²) < 4.78 is 17.7. The Morgan fingerprint density at radius 2 is 1.85 bits per heavy atom. The minimum Gasteiger partial charge on any atom is -0.496 e. The number of piperidine rings is 3. The summed E-state index contributed by atoms with van der Waals surface area (Å²) in [5, 5.41) is 2.35. The fraction of sp³-hybridized carbons (Fsp3) is 0.535. The van der Waals surface area contributed by atoms with Crippen LogP contribution < -0.4 is 4.74 Å². The largest absolute Gasteiger partial charge is 0.496 e. The number of ether oxygens (including phenoxy) is 3. The highest BCUT2D eigenvalue weighted by Crippen LogP contribution is 2.57. The molecule has 6 heterocycles. The van der Waals surface area contributed by atoms with Crippen LogP contribution in [0.1, 0.15) is 73.5 Å². The van der Waals surface area contributed by atoms with Crippen molar-refractivity contribution in [3.63, 3.8) is 0 Å². The Kier molecular flexibility index (Phi) is 8.12. The smallest absolute Gasteiger partial charge is 0.319 e. The fourth-order valence-corrected chi connectivity index (χ4v) is 12.1. The zero-order valence-corrected chi connectivity index (χ0v) is 31.4. The molecule has 2 aromatic heterocycles. The van der Waals surface area contributed by atoms with Gasteiger partial charge in [0.2, 0.25) is 0 Å². The third-order valence-electron chi connectivity index (χ3n) is 14.2. The molecule has 3 saturated heterocycles. The number of fused-ring (bicyclic) bond motifs is 9. The number of para-hydroxylation sites is 1. The molecule has 4 aliphatic heterocycles. The van der Waals surface area contributed by atoms with E-state index in [2.05, 4.69) is 83.1 Å². The first-order valence-electron chi connectivity index (χ1n) is 19.3. The summed E-state index contributed by atoms with van der Waals surface area (Å²) >= 11 is 0. The van der Waals surface area contributed by atoms with Crippen molar-refractivity contribution in [2.24, 2.45) is 23.7 Å². The van der Waals surface area contributed by atoms with Crippen LogP contribution in [0.2, 0.25) is 0 Å². The van der Waals surface area contributed by atoms with Crippen LogP contribution in [0, 0.1) is 23.7 Å². The van der Waals surface area contributed by atoms with Gasteiger partial charge in [0.15, 0.2) is 0 Å². The molecule has 4 fully saturated rings. The molecule has 6 bridgehead atoms. The number of hydrogen-bond acceptors (Lipinski definition) is 7. The number of carbonyl (C=O) groups is 2. The van der Waals surface area contributed by atoms with Crippen LogP contribution in [0.3, 0.4) is 0 Å². The van der Waals surface area contributed by atoms with Crippen LogP contribution in [-0.2, 0) is 37.3 Å². The second kappa shape index (κ2) is 12.5. The molecule has 9 atom stereocenters. The highest BCUT2D eigenvalue weighted by atomic mass is 16.5. The lowest BCUT2D eigenvalue weighted by atomic mass is 9.56. The average molecular weight is 705 g/mol. The summed E-state index contributed by atoms with van der Waals surface area (Å²) in [5.74, 6) is 0.960. The Morgan fingerprint density at radius 3 is 2.60 bits per heavy atom. The number of allylic oxidation sites excluding steroid dienone is 1. The molecule has 274 valence electrons. The van der Waals surface area contributed by atoms with Crippen molar-refractivity contribution in [2.75, 3.05) is 48.0 Å². The molecule has 0 radical (unpaired) electrons. The Bertz CT molecular complexity index is 2110. The predicted molar refractivity (Wildman–Crippen MR) is 202 cm³/mol. The maximum absolute atomic E-state index is 14.4. The first-order valence-corrected chi connectivity index (χ1v) is 19.3. The van der Waals surface area contributed by atoms with E-state index < -0.39 is 5.41 Å². The number of benzene rings is 2. The molecular formula is C43H52N4O5. The molecule has 2 aromatic carbocycles. The number of methoxy groups -OCH3 is 3. The molecule has 0 amide bonds. The summed E-state index contributed by atoms with van der Waals surface area (Å²) in [4.78, 5) is 41.2. The van der Waals surface area contributed by atoms with Gasteiger partial charge in [-0.3, -0.25) is 19.4 Å². The third kappa shape index (κ3) is 4.60. The minimum absolute atomic E-state index is 0.00427. The molecule has 1 saturated carbocycles. The van der Waals surface area contributed by atoms with Crippen LogP contribution in [0.5, 0.6) is 5.75 Å². The van der Waals surface area contributed by atoms with E-state index in [9.17, 15) is 9.59 Å². The van der Waals surface area contributed by atoms with Crippen LogP contribution in [0.4, 0.5) is 0 Å². The monoisotopic (exact) mass is 704 g/mol. The molecular weight excluding hydrogens is 652 g/mol. The Balaban J connectivity index is 1.32. The van der Waals surface area contributed by atoms with Crippen LogP contribution in [0.15, 0.2) is 48.0 Å². The zero-order valence-electron chi connectivity index (χ0n) is 31.4. The molecule has 1 unspecified atom stereocenters. The third-order valence-corrected chi connectivity index (χ3v) is 14.2. The van der Waals surface area contributed by atoms with Crippen molar-refractivity contribution in [3.05, 3.63) is 76.1 Å². The Hall–Kier alpha value is -4.08. The van der Waals surface area contributed by atoms with Crippen molar-refractivity contribution in [2.45, 2.75) is 75.8 Å². The number of H-pyrrole nitrogens is 2. The zero-order chi connectivity index (χ0) is 36.1. The van der Waals surface area contributed by atoms with Crippen molar-refractivity contribution >= 4 is 33.7 Å². The van der Waals surface area contributed by atoms with Gasteiger partial charge < -0.3 is 24.2 Å². The molecule has 52 heavy (non-hydrogen) atoms. The number of nitrogens with zero attached hydrogens (tertiary/aromatic N) is 2. The SMILES string of the molecule is C/C=C1\CN(C)[C@H]2Cc3c([nH]c4ccccc34)[C@@H](c3c(OC)ccc4c5c([nH]c34)[C@]3(C(=O)OC)C[C@H]4C[C@H](CC)[C@@H]3N(CC5)C4)C[C@@H]1[C@@H]2C(=O)OC. The Labute approximate surface area is 306 Å². The van der Waals surface area contributed by atoms with E-state index in [1.54, 1.807) is 14.2 Å². The molecule has 9 heteroatoms. The maximum Gasteiger partial charge on any atom is 0.319 e. The normalized spacial score (nSPS) is 33.2. The number of rotatable bonds is 5. The molecule has 4 aromatic rings. The molecule has 2 N–H and O–H groups in total.